The summed E-state index contributed by atoms with van der Waals surface area (Å²) in [5.41, 5.74) is 4.77. The minimum absolute atomic E-state index is 0. The van der Waals surface area contributed by atoms with Gasteiger partial charge in [0.15, 0.2) is 17.5 Å². The second-order valence-corrected chi connectivity index (χ2v) is 6.96. The Morgan fingerprint density at radius 3 is 2.45 bits per heavy atom. The molecule has 0 bridgehead atoms. The summed E-state index contributed by atoms with van der Waals surface area (Å²) in [6.45, 7) is 7.10. The lowest BCUT2D eigenvalue weighted by Gasteiger charge is -2.18. The molecule has 7 nitrogen and oxygen atoms in total. The topological polar surface area (TPSA) is 72.7 Å². The van der Waals surface area contributed by atoms with Gasteiger partial charge in [-0.3, -0.25) is 9.67 Å². The first-order valence-electron chi connectivity index (χ1n) is 9.56. The standard InChI is InChI=1S/C21H33N5O2.HI/c1-14(12-18-15(2)25-26(5)16(18)3)24-21(22-4)23-11-10-17-8-9-19(27-6)20(13-17)28-7;/h8-9,13-14H,10-12H2,1-7H3,(H2,22,23,24);1H. The van der Waals surface area contributed by atoms with Crippen LogP contribution in [0.25, 0.3) is 0 Å². The van der Waals surface area contributed by atoms with Gasteiger partial charge in [-0.05, 0) is 56.9 Å². The van der Waals surface area contributed by atoms with Crippen LogP contribution in [0.3, 0.4) is 0 Å². The van der Waals surface area contributed by atoms with Crippen molar-refractivity contribution < 1.29 is 9.47 Å². The maximum atomic E-state index is 5.37. The summed E-state index contributed by atoms with van der Waals surface area (Å²) in [4.78, 5) is 4.34. The molecule has 29 heavy (non-hydrogen) atoms. The molecule has 0 aliphatic rings. The van der Waals surface area contributed by atoms with Crippen LogP contribution >= 0.6 is 24.0 Å². The van der Waals surface area contributed by atoms with Crippen LogP contribution in [0.15, 0.2) is 23.2 Å². The molecule has 8 heteroatoms. The van der Waals surface area contributed by atoms with Crippen molar-refractivity contribution >= 4 is 29.9 Å². The van der Waals surface area contributed by atoms with E-state index in [0.29, 0.717) is 0 Å². The van der Waals surface area contributed by atoms with E-state index in [1.807, 2.05) is 23.9 Å². The van der Waals surface area contributed by atoms with Crippen molar-refractivity contribution in [1.82, 2.24) is 20.4 Å². The normalized spacial score (nSPS) is 12.2. The maximum absolute atomic E-state index is 5.37. The zero-order valence-electron chi connectivity index (χ0n) is 18.5. The Balaban J connectivity index is 0.00000420. The average molecular weight is 515 g/mol. The molecule has 1 aromatic heterocycles. The lowest BCUT2D eigenvalue weighted by Crippen LogP contribution is -2.43. The van der Waals surface area contributed by atoms with Crippen molar-refractivity contribution in [2.45, 2.75) is 39.7 Å². The van der Waals surface area contributed by atoms with Crippen LogP contribution in [-0.4, -0.2) is 49.6 Å². The molecule has 2 N–H and O–H groups in total. The van der Waals surface area contributed by atoms with Gasteiger partial charge in [0, 0.05) is 32.4 Å². The maximum Gasteiger partial charge on any atom is 0.191 e. The summed E-state index contributed by atoms with van der Waals surface area (Å²) >= 11 is 0. The first-order valence-corrected chi connectivity index (χ1v) is 9.56. The summed E-state index contributed by atoms with van der Waals surface area (Å²) in [7, 11) is 7.07. The van der Waals surface area contributed by atoms with Gasteiger partial charge in [0.05, 0.1) is 19.9 Å². The number of hydrogen-bond acceptors (Lipinski definition) is 4. The van der Waals surface area contributed by atoms with E-state index in [9.17, 15) is 0 Å². The van der Waals surface area contributed by atoms with E-state index in [-0.39, 0.29) is 30.0 Å². The monoisotopic (exact) mass is 515 g/mol. The largest absolute Gasteiger partial charge is 0.493 e. The number of aliphatic imine (C=N–C) groups is 1. The van der Waals surface area contributed by atoms with Crippen LogP contribution < -0.4 is 20.1 Å². The quantitative estimate of drug-likeness (QED) is 0.322. The van der Waals surface area contributed by atoms with Crippen LogP contribution in [0, 0.1) is 13.8 Å². The number of nitrogens with zero attached hydrogens (tertiary/aromatic N) is 3. The molecule has 0 saturated carbocycles. The third-order valence-corrected chi connectivity index (χ3v) is 4.93. The van der Waals surface area contributed by atoms with E-state index in [4.69, 9.17) is 9.47 Å². The minimum Gasteiger partial charge on any atom is -0.493 e. The van der Waals surface area contributed by atoms with Gasteiger partial charge < -0.3 is 20.1 Å². The zero-order valence-corrected chi connectivity index (χ0v) is 20.8. The fraction of sp³-hybridized carbons (Fsp3) is 0.524. The molecule has 0 spiro atoms. The number of methoxy groups -OCH3 is 2. The molecular weight excluding hydrogens is 481 g/mol. The zero-order chi connectivity index (χ0) is 20.7. The highest BCUT2D eigenvalue weighted by molar-refractivity contribution is 14.0. The number of aromatic nitrogens is 2. The Hall–Kier alpha value is -1.97. The molecule has 1 unspecified atom stereocenters. The Morgan fingerprint density at radius 1 is 1.21 bits per heavy atom. The third kappa shape index (κ3) is 6.80. The Bertz CT molecular complexity index is 820. The molecule has 0 saturated heterocycles. The Labute approximate surface area is 191 Å². The van der Waals surface area contributed by atoms with Crippen LogP contribution in [0.2, 0.25) is 0 Å². The van der Waals surface area contributed by atoms with Gasteiger partial charge in [0.25, 0.3) is 0 Å². The molecule has 0 aliphatic heterocycles. The van der Waals surface area contributed by atoms with Crippen molar-refractivity contribution in [2.24, 2.45) is 12.0 Å². The molecule has 2 aromatic rings. The predicted octanol–water partition coefficient (Wildman–Crippen LogP) is 3.01. The number of ether oxygens (including phenoxy) is 2. The highest BCUT2D eigenvalue weighted by atomic mass is 127. The highest BCUT2D eigenvalue weighted by Gasteiger charge is 2.14. The average Bonchev–Trinajstić information content (AvgIpc) is 2.92. The van der Waals surface area contributed by atoms with Gasteiger partial charge in [0.2, 0.25) is 0 Å². The van der Waals surface area contributed by atoms with Crippen LogP contribution in [0.1, 0.15) is 29.4 Å². The fourth-order valence-electron chi connectivity index (χ4n) is 3.26. The van der Waals surface area contributed by atoms with E-state index in [2.05, 4.69) is 47.6 Å². The number of benzene rings is 1. The van der Waals surface area contributed by atoms with E-state index >= 15 is 0 Å². The second-order valence-electron chi connectivity index (χ2n) is 6.96. The molecule has 1 aromatic carbocycles. The van der Waals surface area contributed by atoms with Crippen molar-refractivity contribution in [3.05, 3.63) is 40.7 Å². The van der Waals surface area contributed by atoms with E-state index in [0.717, 1.165) is 42.5 Å². The lowest BCUT2D eigenvalue weighted by molar-refractivity contribution is 0.354. The molecular formula is C21H34IN5O2. The summed E-state index contributed by atoms with van der Waals surface area (Å²) in [6, 6.07) is 6.24. The van der Waals surface area contributed by atoms with Gasteiger partial charge in [-0.15, -0.1) is 24.0 Å². The molecule has 1 atom stereocenters. The van der Waals surface area contributed by atoms with Crippen molar-refractivity contribution in [2.75, 3.05) is 27.8 Å². The van der Waals surface area contributed by atoms with Crippen LogP contribution in [-0.2, 0) is 19.9 Å². The molecule has 0 amide bonds. The van der Waals surface area contributed by atoms with Crippen LogP contribution in [0.5, 0.6) is 11.5 Å². The first-order chi connectivity index (χ1) is 13.4. The van der Waals surface area contributed by atoms with Gasteiger partial charge in [-0.1, -0.05) is 6.07 Å². The number of rotatable bonds is 8. The number of halogens is 1. The summed E-state index contributed by atoms with van der Waals surface area (Å²) in [5, 5.41) is 11.3. The molecule has 0 fully saturated rings. The number of guanidine groups is 1. The molecule has 0 aliphatic carbocycles. The number of aryl methyl sites for hydroxylation is 2. The third-order valence-electron chi connectivity index (χ3n) is 4.93. The van der Waals surface area contributed by atoms with Crippen molar-refractivity contribution in [1.29, 1.82) is 0 Å². The van der Waals surface area contributed by atoms with E-state index < -0.39 is 0 Å². The first kappa shape index (κ1) is 25.1. The summed E-state index contributed by atoms with van der Waals surface area (Å²) in [6.07, 6.45) is 1.76. The van der Waals surface area contributed by atoms with Gasteiger partial charge in [-0.25, -0.2) is 0 Å². The smallest absolute Gasteiger partial charge is 0.191 e. The Kier molecular flexibility index (Phi) is 10.3. The molecule has 1 heterocycles. The lowest BCUT2D eigenvalue weighted by atomic mass is 10.1. The Morgan fingerprint density at radius 2 is 1.90 bits per heavy atom. The number of nitrogens with one attached hydrogen (secondary N) is 2. The highest BCUT2D eigenvalue weighted by Crippen LogP contribution is 2.27. The van der Waals surface area contributed by atoms with E-state index in [1.165, 1.54) is 16.8 Å². The fourth-order valence-corrected chi connectivity index (χ4v) is 3.26. The van der Waals surface area contributed by atoms with Crippen LogP contribution in [0.4, 0.5) is 0 Å². The van der Waals surface area contributed by atoms with Gasteiger partial charge >= 0.3 is 0 Å². The number of hydrogen-bond donors (Lipinski definition) is 2. The summed E-state index contributed by atoms with van der Waals surface area (Å²) in [5.74, 6) is 2.29. The van der Waals surface area contributed by atoms with Gasteiger partial charge in [-0.2, -0.15) is 5.10 Å². The van der Waals surface area contributed by atoms with Crippen molar-refractivity contribution in [3.63, 3.8) is 0 Å². The summed E-state index contributed by atoms with van der Waals surface area (Å²) < 4.78 is 12.6. The SMILES string of the molecule is CN=C(NCCc1ccc(OC)c(OC)c1)NC(C)Cc1c(C)nn(C)c1C.I. The van der Waals surface area contributed by atoms with Gasteiger partial charge in [0.1, 0.15) is 0 Å². The molecule has 0 radical (unpaired) electrons. The minimum atomic E-state index is 0. The second kappa shape index (κ2) is 11.9. The molecule has 2 rings (SSSR count). The van der Waals surface area contributed by atoms with Crippen molar-refractivity contribution in [3.8, 4) is 11.5 Å². The predicted molar refractivity (Wildman–Crippen MR) is 129 cm³/mol. The molecule has 162 valence electrons. The van der Waals surface area contributed by atoms with E-state index in [1.54, 1.807) is 21.3 Å².